The Labute approximate surface area is 202 Å². The minimum absolute atomic E-state index is 0.0392. The Morgan fingerprint density at radius 1 is 1.24 bits per heavy atom. The zero-order chi connectivity index (χ0) is 24.9. The summed E-state index contributed by atoms with van der Waals surface area (Å²) < 4.78 is 5.54. The second-order valence-electron chi connectivity index (χ2n) is 10.2. The number of piperidine rings is 1. The highest BCUT2D eigenvalue weighted by molar-refractivity contribution is 5.98. The highest BCUT2D eigenvalue weighted by Gasteiger charge is 2.31. The Balaban J connectivity index is 1.85. The average Bonchev–Trinajstić information content (AvgIpc) is 3.20. The van der Waals surface area contributed by atoms with Crippen molar-refractivity contribution in [2.24, 2.45) is 5.92 Å². The molecule has 3 rings (SSSR count). The molecule has 1 aromatic rings. The SMILES string of the molecule is CCCCC(=O)c1cc(C#N)c(N2CCC(C(=O)OC(C)(C)C)CC2)nc1CN1CCCC1=O. The lowest BCUT2D eigenvalue weighted by molar-refractivity contribution is -0.160. The van der Waals surface area contributed by atoms with Gasteiger partial charge in [0.2, 0.25) is 5.91 Å². The molecule has 184 valence electrons. The van der Waals surface area contributed by atoms with E-state index >= 15 is 0 Å². The molecule has 0 radical (unpaired) electrons. The fourth-order valence-corrected chi connectivity index (χ4v) is 4.46. The van der Waals surface area contributed by atoms with Crippen LogP contribution in [0.25, 0.3) is 0 Å². The second-order valence-corrected chi connectivity index (χ2v) is 10.2. The summed E-state index contributed by atoms with van der Waals surface area (Å²) in [7, 11) is 0. The van der Waals surface area contributed by atoms with Crippen molar-refractivity contribution in [3.63, 3.8) is 0 Å². The van der Waals surface area contributed by atoms with E-state index in [2.05, 4.69) is 6.07 Å². The van der Waals surface area contributed by atoms with E-state index < -0.39 is 5.60 Å². The van der Waals surface area contributed by atoms with E-state index in [1.807, 2.05) is 32.6 Å². The van der Waals surface area contributed by atoms with Crippen molar-refractivity contribution in [3.8, 4) is 6.07 Å². The van der Waals surface area contributed by atoms with Gasteiger partial charge in [0.25, 0.3) is 0 Å². The van der Waals surface area contributed by atoms with Gasteiger partial charge in [-0.15, -0.1) is 0 Å². The number of ketones is 1. The minimum Gasteiger partial charge on any atom is -0.460 e. The molecule has 0 bridgehead atoms. The van der Waals surface area contributed by atoms with Crippen LogP contribution < -0.4 is 4.90 Å². The zero-order valence-electron chi connectivity index (χ0n) is 20.9. The molecule has 2 fully saturated rings. The number of esters is 1. The fraction of sp³-hybridized carbons (Fsp3) is 0.654. The van der Waals surface area contributed by atoms with E-state index in [0.29, 0.717) is 68.0 Å². The number of Topliss-reactive ketones (excluding diaryl/α,β-unsaturated/α-hetero) is 1. The summed E-state index contributed by atoms with van der Waals surface area (Å²) in [6.07, 6.45) is 4.60. The largest absolute Gasteiger partial charge is 0.460 e. The van der Waals surface area contributed by atoms with Crippen molar-refractivity contribution >= 4 is 23.5 Å². The minimum atomic E-state index is -0.522. The highest BCUT2D eigenvalue weighted by atomic mass is 16.6. The maximum atomic E-state index is 12.9. The molecule has 0 atom stereocenters. The number of likely N-dealkylation sites (tertiary alicyclic amines) is 1. The number of unbranched alkanes of at least 4 members (excludes halogenated alkanes) is 1. The van der Waals surface area contributed by atoms with Gasteiger partial charge in [-0.2, -0.15) is 5.26 Å². The van der Waals surface area contributed by atoms with Crippen molar-refractivity contribution in [2.45, 2.75) is 84.8 Å². The molecule has 2 saturated heterocycles. The molecule has 0 spiro atoms. The number of pyridine rings is 1. The maximum absolute atomic E-state index is 12.9. The Morgan fingerprint density at radius 2 is 1.94 bits per heavy atom. The van der Waals surface area contributed by atoms with Crippen molar-refractivity contribution in [2.75, 3.05) is 24.5 Å². The molecule has 0 saturated carbocycles. The number of nitriles is 1. The Kier molecular flexibility index (Phi) is 8.29. The van der Waals surface area contributed by atoms with E-state index in [1.54, 1.807) is 11.0 Å². The molecule has 1 amide bonds. The van der Waals surface area contributed by atoms with E-state index in [-0.39, 0.29) is 30.1 Å². The van der Waals surface area contributed by atoms with Gasteiger partial charge in [-0.1, -0.05) is 13.3 Å². The molecule has 0 aromatic carbocycles. The third-order valence-electron chi connectivity index (χ3n) is 6.31. The monoisotopic (exact) mass is 468 g/mol. The predicted octanol–water partition coefficient (Wildman–Crippen LogP) is 4.01. The number of amides is 1. The number of carbonyl (C=O) groups is 3. The van der Waals surface area contributed by atoms with Gasteiger partial charge in [0.1, 0.15) is 17.5 Å². The van der Waals surface area contributed by atoms with Gasteiger partial charge in [0.05, 0.1) is 23.7 Å². The van der Waals surface area contributed by atoms with Crippen molar-refractivity contribution in [3.05, 3.63) is 22.9 Å². The number of carbonyl (C=O) groups excluding carboxylic acids is 3. The van der Waals surface area contributed by atoms with Crippen molar-refractivity contribution in [1.29, 1.82) is 5.26 Å². The molecule has 0 unspecified atom stereocenters. The second kappa shape index (κ2) is 11.0. The topological polar surface area (TPSA) is 104 Å². The van der Waals surface area contributed by atoms with Crippen LogP contribution in [0, 0.1) is 17.2 Å². The summed E-state index contributed by atoms with van der Waals surface area (Å²) in [4.78, 5) is 46.2. The summed E-state index contributed by atoms with van der Waals surface area (Å²) in [6, 6.07) is 3.86. The van der Waals surface area contributed by atoms with Crippen LogP contribution in [0.2, 0.25) is 0 Å². The quantitative estimate of drug-likeness (QED) is 0.419. The molecule has 1 aromatic heterocycles. The van der Waals surface area contributed by atoms with Gasteiger partial charge in [0, 0.05) is 38.0 Å². The molecular formula is C26H36N4O4. The summed E-state index contributed by atoms with van der Waals surface area (Å²) in [5, 5.41) is 9.85. The molecule has 8 nitrogen and oxygen atoms in total. The number of rotatable bonds is 8. The number of nitrogens with zero attached hydrogens (tertiary/aromatic N) is 4. The number of hydrogen-bond acceptors (Lipinski definition) is 7. The fourth-order valence-electron chi connectivity index (χ4n) is 4.46. The van der Waals surface area contributed by atoms with E-state index in [0.717, 1.165) is 19.3 Å². The summed E-state index contributed by atoms with van der Waals surface area (Å²) >= 11 is 0. The first-order valence-electron chi connectivity index (χ1n) is 12.4. The smallest absolute Gasteiger partial charge is 0.309 e. The summed E-state index contributed by atoms with van der Waals surface area (Å²) in [5.74, 6) is 0.183. The van der Waals surface area contributed by atoms with Crippen LogP contribution in [0.15, 0.2) is 6.07 Å². The highest BCUT2D eigenvalue weighted by Crippen LogP contribution is 2.29. The van der Waals surface area contributed by atoms with Crippen LogP contribution in [0.4, 0.5) is 5.82 Å². The molecule has 3 heterocycles. The third kappa shape index (κ3) is 6.34. The lowest BCUT2D eigenvalue weighted by Crippen LogP contribution is -2.39. The molecule has 34 heavy (non-hydrogen) atoms. The van der Waals surface area contributed by atoms with E-state index in [1.165, 1.54) is 0 Å². The van der Waals surface area contributed by atoms with Gasteiger partial charge in [-0.25, -0.2) is 4.98 Å². The Morgan fingerprint density at radius 3 is 2.50 bits per heavy atom. The first-order chi connectivity index (χ1) is 16.1. The number of hydrogen-bond donors (Lipinski definition) is 0. The Bertz CT molecular complexity index is 968. The van der Waals surface area contributed by atoms with Gasteiger partial charge >= 0.3 is 5.97 Å². The van der Waals surface area contributed by atoms with Crippen LogP contribution in [0.3, 0.4) is 0 Å². The molecular weight excluding hydrogens is 432 g/mol. The van der Waals surface area contributed by atoms with Crippen molar-refractivity contribution < 1.29 is 19.1 Å². The van der Waals surface area contributed by atoms with Gasteiger partial charge in [0.15, 0.2) is 5.78 Å². The molecule has 8 heteroatoms. The average molecular weight is 469 g/mol. The standard InChI is InChI=1S/C26H36N4O4/c1-5-6-8-22(31)20-15-19(16-27)24(28-21(20)17-30-12-7-9-23(30)32)29-13-10-18(11-14-29)25(33)34-26(2,3)4/h15,18H,5-14,17H2,1-4H3. The number of aromatic nitrogens is 1. The van der Waals surface area contributed by atoms with Crippen LogP contribution >= 0.6 is 0 Å². The summed E-state index contributed by atoms with van der Waals surface area (Å²) in [6.45, 7) is 9.67. The molecule has 0 aliphatic carbocycles. The third-order valence-corrected chi connectivity index (χ3v) is 6.31. The normalized spacial score (nSPS) is 17.1. The lowest BCUT2D eigenvalue weighted by atomic mass is 9.95. The van der Waals surface area contributed by atoms with Crippen LogP contribution in [0.5, 0.6) is 0 Å². The number of ether oxygens (including phenoxy) is 1. The lowest BCUT2D eigenvalue weighted by Gasteiger charge is -2.34. The number of anilines is 1. The van der Waals surface area contributed by atoms with Gasteiger partial charge in [-0.05, 0) is 52.5 Å². The van der Waals surface area contributed by atoms with Crippen LogP contribution in [-0.2, 0) is 20.9 Å². The first kappa shape index (κ1) is 25.7. The van der Waals surface area contributed by atoms with Gasteiger partial charge in [-0.3, -0.25) is 14.4 Å². The molecule has 2 aliphatic heterocycles. The van der Waals surface area contributed by atoms with E-state index in [4.69, 9.17) is 9.72 Å². The maximum Gasteiger partial charge on any atom is 0.309 e. The molecule has 2 aliphatic rings. The Hall–Kier alpha value is -2.95. The first-order valence-corrected chi connectivity index (χ1v) is 12.4. The van der Waals surface area contributed by atoms with E-state index in [9.17, 15) is 19.6 Å². The van der Waals surface area contributed by atoms with Crippen molar-refractivity contribution in [1.82, 2.24) is 9.88 Å². The molecule has 0 N–H and O–H groups in total. The van der Waals surface area contributed by atoms with Crippen LogP contribution in [0.1, 0.15) is 94.3 Å². The van der Waals surface area contributed by atoms with Gasteiger partial charge < -0.3 is 14.5 Å². The summed E-state index contributed by atoms with van der Waals surface area (Å²) in [5.41, 5.74) is 0.829. The zero-order valence-corrected chi connectivity index (χ0v) is 20.9. The predicted molar refractivity (Wildman–Crippen MR) is 128 cm³/mol. The van der Waals surface area contributed by atoms with Crippen LogP contribution in [-0.4, -0.2) is 52.8 Å².